The number of hydrogen-bond donors (Lipinski definition) is 1. The molecule has 0 spiro atoms. The topological polar surface area (TPSA) is 102 Å². The highest BCUT2D eigenvalue weighted by Gasteiger charge is 2.50. The monoisotopic (exact) mass is 509 g/mol. The van der Waals surface area contributed by atoms with Crippen molar-refractivity contribution in [2.24, 2.45) is 11.8 Å². The highest BCUT2D eigenvalue weighted by atomic mass is 16.5. The van der Waals surface area contributed by atoms with Crippen molar-refractivity contribution in [1.82, 2.24) is 29.5 Å². The zero-order valence-electron chi connectivity index (χ0n) is 21.6. The largest absolute Gasteiger partial charge is 0.457 e. The standard InChI is InChI=1S/C29H31N7O2/c1-34(2)14-6-9-25(37)35-16-20-15-24(23(20)17-35)36-29-26(28(30)31-18-32-29)27(33-36)19-10-12-22(13-11-19)38-21-7-4-3-5-8-21/h3-13,18,20,23-24H,14-17H2,1-2H3,(H2,30,31,32)/b9-6+. The lowest BCUT2D eigenvalue weighted by Crippen LogP contribution is -2.38. The number of likely N-dealkylation sites (tertiary alicyclic amines) is 1. The predicted molar refractivity (Wildman–Crippen MR) is 147 cm³/mol. The molecular weight excluding hydrogens is 478 g/mol. The highest BCUT2D eigenvalue weighted by molar-refractivity contribution is 5.98. The van der Waals surface area contributed by atoms with Crippen LogP contribution in [0.15, 0.2) is 73.1 Å². The molecule has 4 aromatic rings. The van der Waals surface area contributed by atoms with E-state index in [1.54, 1.807) is 6.08 Å². The molecule has 2 fully saturated rings. The lowest BCUT2D eigenvalue weighted by Gasteiger charge is -2.39. The van der Waals surface area contributed by atoms with E-state index in [9.17, 15) is 4.79 Å². The van der Waals surface area contributed by atoms with Gasteiger partial charge in [0.15, 0.2) is 5.65 Å². The Morgan fingerprint density at radius 2 is 1.84 bits per heavy atom. The van der Waals surface area contributed by atoms with E-state index in [0.717, 1.165) is 59.8 Å². The summed E-state index contributed by atoms with van der Waals surface area (Å²) in [5.41, 5.74) is 8.75. The van der Waals surface area contributed by atoms with E-state index in [1.807, 2.05) is 89.3 Å². The summed E-state index contributed by atoms with van der Waals surface area (Å²) in [7, 11) is 3.97. The number of hydrogen-bond acceptors (Lipinski definition) is 7. The molecule has 9 nitrogen and oxygen atoms in total. The Kier molecular flexibility index (Phi) is 6.29. The molecule has 1 saturated heterocycles. The Bertz CT molecular complexity index is 1480. The zero-order valence-corrected chi connectivity index (χ0v) is 21.6. The average Bonchev–Trinajstić information content (AvgIpc) is 3.45. The van der Waals surface area contributed by atoms with Gasteiger partial charge in [0.05, 0.1) is 11.4 Å². The minimum Gasteiger partial charge on any atom is -0.457 e. The third-order valence-corrected chi connectivity index (χ3v) is 7.51. The number of rotatable bonds is 7. The van der Waals surface area contributed by atoms with Crippen molar-refractivity contribution >= 4 is 22.8 Å². The van der Waals surface area contributed by atoms with Gasteiger partial charge >= 0.3 is 0 Å². The summed E-state index contributed by atoms with van der Waals surface area (Å²) in [6.07, 6.45) is 6.07. The molecule has 2 aromatic heterocycles. The van der Waals surface area contributed by atoms with E-state index < -0.39 is 0 Å². The second kappa shape index (κ2) is 9.90. The van der Waals surface area contributed by atoms with Gasteiger partial charge in [0.1, 0.15) is 29.3 Å². The van der Waals surface area contributed by atoms with Crippen LogP contribution in [0.4, 0.5) is 5.82 Å². The molecule has 1 aliphatic heterocycles. The van der Waals surface area contributed by atoms with Crippen LogP contribution < -0.4 is 10.5 Å². The van der Waals surface area contributed by atoms with Crippen LogP contribution in [0.2, 0.25) is 0 Å². The number of benzene rings is 2. The lowest BCUT2D eigenvalue weighted by atomic mass is 9.71. The summed E-state index contributed by atoms with van der Waals surface area (Å²) in [5.74, 6) is 2.83. The number of nitrogen functional groups attached to an aromatic ring is 1. The number of ether oxygens (including phenoxy) is 1. The van der Waals surface area contributed by atoms with Gasteiger partial charge in [0.25, 0.3) is 0 Å². The van der Waals surface area contributed by atoms with Crippen molar-refractivity contribution in [2.45, 2.75) is 12.5 Å². The van der Waals surface area contributed by atoms with Crippen molar-refractivity contribution in [2.75, 3.05) is 39.5 Å². The Morgan fingerprint density at radius 1 is 1.08 bits per heavy atom. The molecule has 6 rings (SSSR count). The first kappa shape index (κ1) is 24.1. The Labute approximate surface area is 221 Å². The van der Waals surface area contributed by atoms with Gasteiger partial charge in [-0.25, -0.2) is 14.6 Å². The molecule has 9 heteroatoms. The molecule has 1 aliphatic carbocycles. The smallest absolute Gasteiger partial charge is 0.246 e. The highest BCUT2D eigenvalue weighted by Crippen LogP contribution is 2.50. The van der Waals surface area contributed by atoms with Crippen LogP contribution in [0.5, 0.6) is 11.5 Å². The number of anilines is 1. The van der Waals surface area contributed by atoms with Crippen LogP contribution in [0, 0.1) is 11.8 Å². The third kappa shape index (κ3) is 4.50. The first-order chi connectivity index (χ1) is 18.5. The maximum absolute atomic E-state index is 12.7. The minimum atomic E-state index is 0.0791. The number of fused-ring (bicyclic) bond motifs is 2. The zero-order chi connectivity index (χ0) is 26.2. The molecule has 1 amide bonds. The second-order valence-electron chi connectivity index (χ2n) is 10.3. The Hall–Kier alpha value is -4.24. The number of nitrogens with zero attached hydrogens (tertiary/aromatic N) is 6. The van der Waals surface area contributed by atoms with Gasteiger partial charge < -0.3 is 20.3 Å². The number of para-hydroxylation sites is 1. The molecule has 0 radical (unpaired) electrons. The second-order valence-corrected chi connectivity index (χ2v) is 10.3. The van der Waals surface area contributed by atoms with Gasteiger partial charge in [-0.1, -0.05) is 24.3 Å². The average molecular weight is 510 g/mol. The van der Waals surface area contributed by atoms with Crippen LogP contribution in [-0.4, -0.2) is 69.2 Å². The SMILES string of the molecule is CN(C)C/C=C/C(=O)N1CC2CC(n3nc(-c4ccc(Oc5ccccc5)cc4)c4c(N)ncnc43)C2C1. The van der Waals surface area contributed by atoms with Crippen molar-refractivity contribution in [3.05, 3.63) is 73.1 Å². The molecule has 1 saturated carbocycles. The van der Waals surface area contributed by atoms with Gasteiger partial charge in [-0.3, -0.25) is 4.79 Å². The molecule has 38 heavy (non-hydrogen) atoms. The molecule has 2 aromatic carbocycles. The summed E-state index contributed by atoms with van der Waals surface area (Å²) in [6.45, 7) is 2.26. The number of amides is 1. The summed E-state index contributed by atoms with van der Waals surface area (Å²) in [5, 5.41) is 5.78. The van der Waals surface area contributed by atoms with E-state index in [-0.39, 0.29) is 11.9 Å². The van der Waals surface area contributed by atoms with Gasteiger partial charge in [0, 0.05) is 37.2 Å². The van der Waals surface area contributed by atoms with Crippen LogP contribution in [-0.2, 0) is 4.79 Å². The van der Waals surface area contributed by atoms with Gasteiger partial charge in [-0.05, 0) is 62.8 Å². The van der Waals surface area contributed by atoms with E-state index in [2.05, 4.69) is 9.97 Å². The summed E-state index contributed by atoms with van der Waals surface area (Å²) in [4.78, 5) is 25.6. The predicted octanol–water partition coefficient (Wildman–Crippen LogP) is 4.01. The molecule has 2 N–H and O–H groups in total. The van der Waals surface area contributed by atoms with E-state index in [0.29, 0.717) is 17.7 Å². The molecule has 194 valence electrons. The Balaban J connectivity index is 1.24. The molecule has 2 aliphatic rings. The first-order valence-corrected chi connectivity index (χ1v) is 12.9. The molecule has 3 heterocycles. The van der Waals surface area contributed by atoms with Crippen molar-refractivity contribution in [1.29, 1.82) is 0 Å². The van der Waals surface area contributed by atoms with E-state index in [1.165, 1.54) is 6.33 Å². The van der Waals surface area contributed by atoms with Crippen LogP contribution in [0.1, 0.15) is 12.5 Å². The van der Waals surface area contributed by atoms with Crippen LogP contribution in [0.25, 0.3) is 22.3 Å². The third-order valence-electron chi connectivity index (χ3n) is 7.51. The van der Waals surface area contributed by atoms with Gasteiger partial charge in [-0.2, -0.15) is 5.10 Å². The molecule has 3 unspecified atom stereocenters. The number of carbonyl (C=O) groups is 1. The van der Waals surface area contributed by atoms with Gasteiger partial charge in [0.2, 0.25) is 5.91 Å². The summed E-state index contributed by atoms with van der Waals surface area (Å²) in [6, 6.07) is 17.7. The summed E-state index contributed by atoms with van der Waals surface area (Å²) >= 11 is 0. The van der Waals surface area contributed by atoms with Crippen molar-refractivity contribution in [3.8, 4) is 22.8 Å². The molecule has 0 bridgehead atoms. The first-order valence-electron chi connectivity index (χ1n) is 12.9. The van der Waals surface area contributed by atoms with Crippen molar-refractivity contribution in [3.63, 3.8) is 0 Å². The van der Waals surface area contributed by atoms with E-state index >= 15 is 0 Å². The minimum absolute atomic E-state index is 0.0791. The normalized spacial score (nSPS) is 20.7. The van der Waals surface area contributed by atoms with Crippen LogP contribution in [0.3, 0.4) is 0 Å². The van der Waals surface area contributed by atoms with Crippen molar-refractivity contribution < 1.29 is 9.53 Å². The fraction of sp³-hybridized carbons (Fsp3) is 0.310. The van der Waals surface area contributed by atoms with E-state index in [4.69, 9.17) is 15.6 Å². The summed E-state index contributed by atoms with van der Waals surface area (Å²) < 4.78 is 7.96. The Morgan fingerprint density at radius 3 is 2.61 bits per heavy atom. The fourth-order valence-corrected chi connectivity index (χ4v) is 5.54. The number of carbonyl (C=O) groups excluding carboxylic acids is 1. The fourth-order valence-electron chi connectivity index (χ4n) is 5.54. The molecule has 3 atom stereocenters. The maximum atomic E-state index is 12.7. The number of nitrogens with two attached hydrogens (primary N) is 1. The van der Waals surface area contributed by atoms with Gasteiger partial charge in [-0.15, -0.1) is 0 Å². The lowest BCUT2D eigenvalue weighted by molar-refractivity contribution is -0.125. The quantitative estimate of drug-likeness (QED) is 0.376. The van der Waals surface area contributed by atoms with Crippen LogP contribution >= 0.6 is 0 Å². The molecular formula is C29H31N7O2. The maximum Gasteiger partial charge on any atom is 0.246 e. The number of likely N-dealkylation sites (N-methyl/N-ethyl adjacent to an activating group) is 1. The number of aromatic nitrogens is 4.